The van der Waals surface area contributed by atoms with Crippen molar-refractivity contribution in [2.24, 2.45) is 0 Å². The second-order valence-electron chi connectivity index (χ2n) is 4.61. The minimum Gasteiger partial charge on any atom is -0.493 e. The zero-order valence-corrected chi connectivity index (χ0v) is 11.3. The van der Waals surface area contributed by atoms with Crippen molar-refractivity contribution >= 4 is 6.29 Å². The molecule has 1 aromatic rings. The summed E-state index contributed by atoms with van der Waals surface area (Å²) in [4.78, 5) is 10.5. The fraction of sp³-hybridized carbons (Fsp3) is 0.533. The van der Waals surface area contributed by atoms with Crippen LogP contribution in [0.3, 0.4) is 0 Å². The van der Waals surface area contributed by atoms with Gasteiger partial charge in [-0.3, -0.25) is 0 Å². The standard InChI is InChI=1S/C15H20O4/c1-17-14-8-2-5-12(6-3-9-16)15(14)19-13-7-4-10-18-11-13/h2,5,8-9,13H,3-4,6-7,10-11H2,1H3. The molecule has 1 fully saturated rings. The van der Waals surface area contributed by atoms with Crippen LogP contribution in [-0.4, -0.2) is 32.7 Å². The molecule has 104 valence electrons. The molecule has 4 heteroatoms. The monoisotopic (exact) mass is 264 g/mol. The number of carbonyl (C=O) groups is 1. The van der Waals surface area contributed by atoms with Crippen LogP contribution in [0.1, 0.15) is 24.8 Å². The van der Waals surface area contributed by atoms with Crippen LogP contribution in [-0.2, 0) is 16.0 Å². The minimum atomic E-state index is 0.0695. The summed E-state index contributed by atoms with van der Waals surface area (Å²) in [7, 11) is 1.63. The van der Waals surface area contributed by atoms with E-state index in [1.165, 1.54) is 0 Å². The van der Waals surface area contributed by atoms with E-state index in [2.05, 4.69) is 0 Å². The van der Waals surface area contributed by atoms with E-state index < -0.39 is 0 Å². The lowest BCUT2D eigenvalue weighted by molar-refractivity contribution is -0.107. The van der Waals surface area contributed by atoms with Crippen LogP contribution in [0.15, 0.2) is 18.2 Å². The summed E-state index contributed by atoms with van der Waals surface area (Å²) in [5.74, 6) is 1.47. The molecule has 0 spiro atoms. The first-order chi connectivity index (χ1) is 9.35. The molecule has 1 unspecified atom stereocenters. The Morgan fingerprint density at radius 2 is 2.37 bits per heavy atom. The van der Waals surface area contributed by atoms with E-state index >= 15 is 0 Å². The van der Waals surface area contributed by atoms with E-state index in [1.54, 1.807) is 7.11 Å². The number of methoxy groups -OCH3 is 1. The number of benzene rings is 1. The highest BCUT2D eigenvalue weighted by Crippen LogP contribution is 2.33. The maximum Gasteiger partial charge on any atom is 0.164 e. The van der Waals surface area contributed by atoms with Crippen molar-refractivity contribution in [1.82, 2.24) is 0 Å². The summed E-state index contributed by atoms with van der Waals surface area (Å²) in [6.45, 7) is 1.43. The van der Waals surface area contributed by atoms with Crippen LogP contribution in [0, 0.1) is 0 Å². The first-order valence-electron chi connectivity index (χ1n) is 6.69. The molecule has 1 heterocycles. The van der Waals surface area contributed by atoms with E-state index in [4.69, 9.17) is 14.2 Å². The molecular weight excluding hydrogens is 244 g/mol. The van der Waals surface area contributed by atoms with Gasteiger partial charge in [0.25, 0.3) is 0 Å². The van der Waals surface area contributed by atoms with Gasteiger partial charge in [-0.05, 0) is 30.9 Å². The molecule has 0 N–H and O–H groups in total. The smallest absolute Gasteiger partial charge is 0.164 e. The minimum absolute atomic E-state index is 0.0695. The Kier molecular flexibility index (Phi) is 5.21. The van der Waals surface area contributed by atoms with Gasteiger partial charge in [0.2, 0.25) is 0 Å². The van der Waals surface area contributed by atoms with Gasteiger partial charge in [-0.15, -0.1) is 0 Å². The van der Waals surface area contributed by atoms with Crippen molar-refractivity contribution in [3.05, 3.63) is 23.8 Å². The van der Waals surface area contributed by atoms with E-state index in [9.17, 15) is 4.79 Å². The predicted molar refractivity (Wildman–Crippen MR) is 71.8 cm³/mol. The molecule has 1 aromatic carbocycles. The molecule has 0 amide bonds. The van der Waals surface area contributed by atoms with Crippen molar-refractivity contribution in [1.29, 1.82) is 0 Å². The SMILES string of the molecule is COc1cccc(CCC=O)c1OC1CCCOC1. The Balaban J connectivity index is 2.16. The molecule has 0 aliphatic carbocycles. The van der Waals surface area contributed by atoms with Crippen LogP contribution in [0.2, 0.25) is 0 Å². The van der Waals surface area contributed by atoms with Crippen LogP contribution in [0.4, 0.5) is 0 Å². The van der Waals surface area contributed by atoms with Crippen molar-refractivity contribution in [3.63, 3.8) is 0 Å². The van der Waals surface area contributed by atoms with Gasteiger partial charge < -0.3 is 19.0 Å². The van der Waals surface area contributed by atoms with Gasteiger partial charge >= 0.3 is 0 Å². The second-order valence-corrected chi connectivity index (χ2v) is 4.61. The number of rotatable bonds is 6. The third-order valence-corrected chi connectivity index (χ3v) is 3.21. The Bertz CT molecular complexity index is 411. The molecule has 1 atom stereocenters. The van der Waals surface area contributed by atoms with Crippen LogP contribution in [0.5, 0.6) is 11.5 Å². The maximum atomic E-state index is 10.5. The molecule has 1 aliphatic rings. The topological polar surface area (TPSA) is 44.8 Å². The summed E-state index contributed by atoms with van der Waals surface area (Å²) in [5.41, 5.74) is 1.01. The Labute approximate surface area is 113 Å². The number of para-hydroxylation sites is 1. The van der Waals surface area contributed by atoms with Crippen molar-refractivity contribution in [2.75, 3.05) is 20.3 Å². The Morgan fingerprint density at radius 3 is 3.05 bits per heavy atom. The zero-order valence-electron chi connectivity index (χ0n) is 11.3. The molecule has 0 radical (unpaired) electrons. The number of aldehydes is 1. The summed E-state index contributed by atoms with van der Waals surface area (Å²) in [6.07, 6.45) is 4.16. The molecular formula is C15H20O4. The van der Waals surface area contributed by atoms with Gasteiger partial charge in [0.15, 0.2) is 11.5 Å². The molecule has 1 saturated heterocycles. The van der Waals surface area contributed by atoms with Gasteiger partial charge in [-0.1, -0.05) is 12.1 Å². The molecule has 1 aliphatic heterocycles. The van der Waals surface area contributed by atoms with E-state index in [-0.39, 0.29) is 6.10 Å². The highest BCUT2D eigenvalue weighted by Gasteiger charge is 2.19. The molecule has 0 aromatic heterocycles. The second kappa shape index (κ2) is 7.14. The third kappa shape index (κ3) is 3.70. The summed E-state index contributed by atoms with van der Waals surface area (Å²) in [6, 6.07) is 5.78. The Morgan fingerprint density at radius 1 is 1.47 bits per heavy atom. The zero-order chi connectivity index (χ0) is 13.5. The number of hydrogen-bond donors (Lipinski definition) is 0. The Hall–Kier alpha value is -1.55. The fourth-order valence-corrected chi connectivity index (χ4v) is 2.24. The van der Waals surface area contributed by atoms with Crippen molar-refractivity contribution in [3.8, 4) is 11.5 Å². The van der Waals surface area contributed by atoms with Crippen molar-refractivity contribution < 1.29 is 19.0 Å². The molecule has 0 saturated carbocycles. The molecule has 2 rings (SSSR count). The van der Waals surface area contributed by atoms with Gasteiger partial charge in [0.05, 0.1) is 13.7 Å². The average Bonchev–Trinajstić information content (AvgIpc) is 2.47. The average molecular weight is 264 g/mol. The van der Waals surface area contributed by atoms with Gasteiger partial charge in [0.1, 0.15) is 12.4 Å². The molecule has 4 nitrogen and oxygen atoms in total. The highest BCUT2D eigenvalue weighted by molar-refractivity contribution is 5.53. The first-order valence-corrected chi connectivity index (χ1v) is 6.69. The van der Waals surface area contributed by atoms with Gasteiger partial charge in [-0.25, -0.2) is 0 Å². The van der Waals surface area contributed by atoms with Crippen LogP contribution >= 0.6 is 0 Å². The summed E-state index contributed by atoms with van der Waals surface area (Å²) < 4.78 is 16.8. The third-order valence-electron chi connectivity index (χ3n) is 3.21. The van der Waals surface area contributed by atoms with E-state index in [0.29, 0.717) is 25.2 Å². The summed E-state index contributed by atoms with van der Waals surface area (Å²) >= 11 is 0. The number of aryl methyl sites for hydroxylation is 1. The number of carbonyl (C=O) groups excluding carboxylic acids is 1. The largest absolute Gasteiger partial charge is 0.493 e. The number of ether oxygens (including phenoxy) is 3. The maximum absolute atomic E-state index is 10.5. The van der Waals surface area contributed by atoms with Crippen LogP contribution < -0.4 is 9.47 Å². The molecule has 19 heavy (non-hydrogen) atoms. The quantitative estimate of drug-likeness (QED) is 0.740. The lowest BCUT2D eigenvalue weighted by atomic mass is 10.1. The lowest BCUT2D eigenvalue weighted by Crippen LogP contribution is -2.28. The highest BCUT2D eigenvalue weighted by atomic mass is 16.5. The van der Waals surface area contributed by atoms with Gasteiger partial charge in [0, 0.05) is 13.0 Å². The lowest BCUT2D eigenvalue weighted by Gasteiger charge is -2.25. The summed E-state index contributed by atoms with van der Waals surface area (Å²) in [5, 5.41) is 0. The molecule has 0 bridgehead atoms. The predicted octanol–water partition coefficient (Wildman–Crippen LogP) is 2.38. The number of hydrogen-bond acceptors (Lipinski definition) is 4. The van der Waals surface area contributed by atoms with E-state index in [0.717, 1.165) is 37.0 Å². The van der Waals surface area contributed by atoms with Gasteiger partial charge in [-0.2, -0.15) is 0 Å². The fourth-order valence-electron chi connectivity index (χ4n) is 2.24. The van der Waals surface area contributed by atoms with E-state index in [1.807, 2.05) is 18.2 Å². The normalized spacial score (nSPS) is 18.9. The van der Waals surface area contributed by atoms with Crippen molar-refractivity contribution in [2.45, 2.75) is 31.8 Å². The first kappa shape index (κ1) is 13.9. The van der Waals surface area contributed by atoms with Crippen LogP contribution in [0.25, 0.3) is 0 Å².